The van der Waals surface area contributed by atoms with E-state index in [1.165, 1.54) is 0 Å². The summed E-state index contributed by atoms with van der Waals surface area (Å²) in [5.74, 6) is 0.754. The van der Waals surface area contributed by atoms with E-state index in [-0.39, 0.29) is 23.8 Å². The number of nitrogens with one attached hydrogen (secondary N) is 1. The average molecular weight is 398 g/mol. The first-order valence-corrected chi connectivity index (χ1v) is 9.91. The topological polar surface area (TPSA) is 85.7 Å². The van der Waals surface area contributed by atoms with Gasteiger partial charge in [0.05, 0.1) is 32.3 Å². The molecular formula is C21H26N4O4. The van der Waals surface area contributed by atoms with Crippen LogP contribution in [-0.2, 0) is 22.7 Å². The zero-order valence-corrected chi connectivity index (χ0v) is 16.8. The van der Waals surface area contributed by atoms with Gasteiger partial charge in [-0.15, -0.1) is 0 Å². The predicted molar refractivity (Wildman–Crippen MR) is 105 cm³/mol. The Morgan fingerprint density at radius 1 is 1.21 bits per heavy atom. The van der Waals surface area contributed by atoms with Gasteiger partial charge in [-0.1, -0.05) is 12.1 Å². The first-order chi connectivity index (χ1) is 14.1. The molecule has 154 valence electrons. The number of amides is 2. The monoisotopic (exact) mass is 398 g/mol. The van der Waals surface area contributed by atoms with Crippen molar-refractivity contribution in [3.05, 3.63) is 47.5 Å². The third-order valence-corrected chi connectivity index (χ3v) is 5.82. The standard InChI is InChI=1S/C21H26N4O4/c1-22-20(26)15-7-9-24(10-8-15)21(27)19-17-12-29-18(11-25(17)13-23-19)14-3-5-16(28-2)6-4-14/h3-6,13,15,18H,7-12H2,1-2H3,(H,22,26). The lowest BCUT2D eigenvalue weighted by molar-refractivity contribution is -0.125. The number of carbonyl (C=O) groups excluding carboxylic acids is 2. The summed E-state index contributed by atoms with van der Waals surface area (Å²) in [6.45, 7) is 2.09. The highest BCUT2D eigenvalue weighted by Crippen LogP contribution is 2.29. The number of benzene rings is 1. The number of hydrogen-bond donors (Lipinski definition) is 1. The summed E-state index contributed by atoms with van der Waals surface area (Å²) in [7, 11) is 3.29. The summed E-state index contributed by atoms with van der Waals surface area (Å²) < 4.78 is 13.2. The summed E-state index contributed by atoms with van der Waals surface area (Å²) in [6.07, 6.45) is 2.99. The number of hydrogen-bond acceptors (Lipinski definition) is 5. The molecule has 8 nitrogen and oxygen atoms in total. The van der Waals surface area contributed by atoms with Crippen molar-refractivity contribution < 1.29 is 19.1 Å². The van der Waals surface area contributed by atoms with Crippen molar-refractivity contribution in [2.24, 2.45) is 5.92 Å². The minimum atomic E-state index is -0.0890. The van der Waals surface area contributed by atoms with E-state index in [2.05, 4.69) is 10.3 Å². The highest BCUT2D eigenvalue weighted by molar-refractivity contribution is 5.93. The largest absolute Gasteiger partial charge is 0.497 e. The number of imidazole rings is 1. The van der Waals surface area contributed by atoms with Crippen molar-refractivity contribution in [1.82, 2.24) is 19.8 Å². The molecule has 2 aliphatic heterocycles. The fourth-order valence-corrected chi connectivity index (χ4v) is 4.02. The van der Waals surface area contributed by atoms with E-state index < -0.39 is 0 Å². The fraction of sp³-hybridized carbons (Fsp3) is 0.476. The molecular weight excluding hydrogens is 372 g/mol. The Kier molecular flexibility index (Phi) is 5.53. The van der Waals surface area contributed by atoms with Crippen LogP contribution in [0, 0.1) is 5.92 Å². The van der Waals surface area contributed by atoms with Crippen LogP contribution in [-0.4, -0.2) is 53.5 Å². The molecule has 3 heterocycles. The van der Waals surface area contributed by atoms with Gasteiger partial charge >= 0.3 is 0 Å². The maximum absolute atomic E-state index is 13.0. The number of nitrogens with zero attached hydrogens (tertiary/aromatic N) is 3. The second-order valence-corrected chi connectivity index (χ2v) is 7.45. The number of carbonyl (C=O) groups is 2. The number of likely N-dealkylation sites (tertiary alicyclic amines) is 1. The van der Waals surface area contributed by atoms with Gasteiger partial charge in [-0.25, -0.2) is 4.98 Å². The molecule has 0 bridgehead atoms. The van der Waals surface area contributed by atoms with Crippen LogP contribution in [0.25, 0.3) is 0 Å². The van der Waals surface area contributed by atoms with Crippen LogP contribution >= 0.6 is 0 Å². The lowest BCUT2D eigenvalue weighted by atomic mass is 9.95. The molecule has 1 aromatic carbocycles. The zero-order valence-electron chi connectivity index (χ0n) is 16.8. The van der Waals surface area contributed by atoms with Crippen molar-refractivity contribution in [1.29, 1.82) is 0 Å². The Bertz CT molecular complexity index is 885. The number of methoxy groups -OCH3 is 1. The number of fused-ring (bicyclic) bond motifs is 1. The Morgan fingerprint density at radius 2 is 1.93 bits per heavy atom. The molecule has 0 saturated carbocycles. The molecule has 2 aromatic rings. The molecule has 1 N–H and O–H groups in total. The van der Waals surface area contributed by atoms with Crippen LogP contribution in [0.15, 0.2) is 30.6 Å². The molecule has 0 aliphatic carbocycles. The van der Waals surface area contributed by atoms with Crippen molar-refractivity contribution >= 4 is 11.8 Å². The summed E-state index contributed by atoms with van der Waals surface area (Å²) in [4.78, 5) is 31.0. The molecule has 4 rings (SSSR count). The average Bonchev–Trinajstić information content (AvgIpc) is 3.21. The van der Waals surface area contributed by atoms with Crippen LogP contribution in [0.3, 0.4) is 0 Å². The molecule has 8 heteroatoms. The van der Waals surface area contributed by atoms with Crippen molar-refractivity contribution in [3.8, 4) is 5.75 Å². The molecule has 0 radical (unpaired) electrons. The summed E-state index contributed by atoms with van der Waals surface area (Å²) >= 11 is 0. The van der Waals surface area contributed by atoms with Crippen LogP contribution < -0.4 is 10.1 Å². The fourth-order valence-electron chi connectivity index (χ4n) is 4.02. The Hall–Kier alpha value is -2.87. The second-order valence-electron chi connectivity index (χ2n) is 7.45. The molecule has 2 aliphatic rings. The van der Waals surface area contributed by atoms with E-state index >= 15 is 0 Å². The van der Waals surface area contributed by atoms with Gasteiger partial charge in [-0.2, -0.15) is 0 Å². The highest BCUT2D eigenvalue weighted by Gasteiger charge is 2.31. The summed E-state index contributed by atoms with van der Waals surface area (Å²) in [5.41, 5.74) is 2.33. The maximum Gasteiger partial charge on any atom is 0.274 e. The number of piperidine rings is 1. The molecule has 1 saturated heterocycles. The third-order valence-electron chi connectivity index (χ3n) is 5.82. The smallest absolute Gasteiger partial charge is 0.274 e. The van der Waals surface area contributed by atoms with Crippen molar-refractivity contribution in [3.63, 3.8) is 0 Å². The molecule has 1 fully saturated rings. The van der Waals surface area contributed by atoms with Gasteiger partial charge in [0.25, 0.3) is 5.91 Å². The minimum absolute atomic E-state index is 0.0199. The van der Waals surface area contributed by atoms with Gasteiger partial charge in [0.15, 0.2) is 5.69 Å². The van der Waals surface area contributed by atoms with Gasteiger partial charge in [0, 0.05) is 26.1 Å². The molecule has 2 amide bonds. The van der Waals surface area contributed by atoms with Crippen LogP contribution in [0.1, 0.15) is 40.7 Å². The van der Waals surface area contributed by atoms with Gasteiger partial charge in [0.1, 0.15) is 11.9 Å². The van der Waals surface area contributed by atoms with Crippen LogP contribution in [0.5, 0.6) is 5.75 Å². The van der Waals surface area contributed by atoms with Crippen LogP contribution in [0.2, 0.25) is 0 Å². The zero-order chi connectivity index (χ0) is 20.4. The Balaban J connectivity index is 1.43. The normalized spacial score (nSPS) is 19.5. The maximum atomic E-state index is 13.0. The van der Waals surface area contributed by atoms with E-state index in [9.17, 15) is 9.59 Å². The SMILES string of the molecule is CNC(=O)C1CCN(C(=O)c2ncn3c2COC(c2ccc(OC)cc2)C3)CC1. The highest BCUT2D eigenvalue weighted by atomic mass is 16.5. The lowest BCUT2D eigenvalue weighted by Crippen LogP contribution is -2.42. The third kappa shape index (κ3) is 3.85. The first kappa shape index (κ1) is 19.4. The van der Waals surface area contributed by atoms with E-state index in [0.29, 0.717) is 44.8 Å². The predicted octanol–water partition coefficient (Wildman–Crippen LogP) is 1.76. The van der Waals surface area contributed by atoms with Gasteiger partial charge in [-0.05, 0) is 30.5 Å². The summed E-state index contributed by atoms with van der Waals surface area (Å²) in [6, 6.07) is 7.82. The Labute approximate surface area is 169 Å². The quantitative estimate of drug-likeness (QED) is 0.848. The molecule has 1 aromatic heterocycles. The van der Waals surface area contributed by atoms with E-state index in [0.717, 1.165) is 17.0 Å². The molecule has 29 heavy (non-hydrogen) atoms. The molecule has 1 unspecified atom stereocenters. The molecule has 1 atom stereocenters. The summed E-state index contributed by atoms with van der Waals surface area (Å²) in [5, 5.41) is 2.69. The number of rotatable bonds is 4. The molecule has 0 spiro atoms. The van der Waals surface area contributed by atoms with Crippen LogP contribution in [0.4, 0.5) is 0 Å². The van der Waals surface area contributed by atoms with Crippen molar-refractivity contribution in [2.45, 2.75) is 32.1 Å². The van der Waals surface area contributed by atoms with E-state index in [1.807, 2.05) is 28.8 Å². The van der Waals surface area contributed by atoms with Gasteiger partial charge in [0.2, 0.25) is 5.91 Å². The first-order valence-electron chi connectivity index (χ1n) is 9.91. The lowest BCUT2D eigenvalue weighted by Gasteiger charge is -2.31. The number of aromatic nitrogens is 2. The van der Waals surface area contributed by atoms with E-state index in [4.69, 9.17) is 9.47 Å². The van der Waals surface area contributed by atoms with Gasteiger partial charge < -0.3 is 24.3 Å². The Morgan fingerprint density at radius 3 is 2.59 bits per heavy atom. The van der Waals surface area contributed by atoms with E-state index in [1.54, 1.807) is 25.4 Å². The van der Waals surface area contributed by atoms with Crippen molar-refractivity contribution in [2.75, 3.05) is 27.2 Å². The second kappa shape index (κ2) is 8.24. The number of ether oxygens (including phenoxy) is 2. The minimum Gasteiger partial charge on any atom is -0.497 e. The van der Waals surface area contributed by atoms with Gasteiger partial charge in [-0.3, -0.25) is 9.59 Å².